The second kappa shape index (κ2) is 9.55. The highest BCUT2D eigenvalue weighted by Gasteiger charge is 2.28. The smallest absolute Gasteiger partial charge is 0.324 e. The molecule has 1 fully saturated rings. The van der Waals surface area contributed by atoms with E-state index in [0.29, 0.717) is 11.4 Å². The molecule has 1 heterocycles. The maximum absolute atomic E-state index is 12.2. The Labute approximate surface area is 173 Å². The van der Waals surface area contributed by atoms with Gasteiger partial charge >= 0.3 is 6.03 Å². The van der Waals surface area contributed by atoms with Crippen molar-refractivity contribution in [2.45, 2.75) is 12.8 Å². The summed E-state index contributed by atoms with van der Waals surface area (Å²) >= 11 is 0. The molecule has 5 amide bonds. The van der Waals surface area contributed by atoms with Gasteiger partial charge < -0.3 is 20.7 Å². The summed E-state index contributed by atoms with van der Waals surface area (Å²) in [6.45, 7) is -0.0118. The van der Waals surface area contributed by atoms with Crippen molar-refractivity contribution in [3.63, 3.8) is 0 Å². The van der Waals surface area contributed by atoms with Crippen molar-refractivity contribution >= 4 is 35.1 Å². The fraction of sp³-hybridized carbons (Fsp3) is 0.238. The molecule has 0 saturated carbocycles. The van der Waals surface area contributed by atoms with Gasteiger partial charge in [0.25, 0.3) is 0 Å². The third-order valence-corrected chi connectivity index (χ3v) is 4.48. The number of urea groups is 1. The molecule has 0 radical (unpaired) electrons. The lowest BCUT2D eigenvalue weighted by molar-refractivity contribution is -0.125. The summed E-state index contributed by atoms with van der Waals surface area (Å²) in [4.78, 5) is 48.2. The van der Waals surface area contributed by atoms with Crippen LogP contribution in [0.15, 0.2) is 48.5 Å². The molecule has 9 nitrogen and oxygen atoms in total. The molecule has 0 aromatic heterocycles. The van der Waals surface area contributed by atoms with Crippen LogP contribution in [0.5, 0.6) is 5.75 Å². The minimum atomic E-state index is -0.484. The number of nitrogens with zero attached hydrogens (tertiary/aromatic N) is 1. The fourth-order valence-corrected chi connectivity index (χ4v) is 2.89. The Morgan fingerprint density at radius 1 is 0.967 bits per heavy atom. The number of ether oxygens (including phenoxy) is 1. The number of nitrogens with one attached hydrogen (secondary N) is 3. The Balaban J connectivity index is 1.45. The van der Waals surface area contributed by atoms with Gasteiger partial charge in [-0.05, 0) is 42.0 Å². The Bertz CT molecular complexity index is 925. The summed E-state index contributed by atoms with van der Waals surface area (Å²) in [5, 5.41) is 7.89. The maximum atomic E-state index is 12.2. The van der Waals surface area contributed by atoms with Crippen LogP contribution < -0.4 is 20.7 Å². The fourth-order valence-electron chi connectivity index (χ4n) is 2.89. The van der Waals surface area contributed by atoms with Crippen molar-refractivity contribution < 1.29 is 23.9 Å². The van der Waals surface area contributed by atoms with Gasteiger partial charge in [0.1, 0.15) is 5.75 Å². The number of benzene rings is 2. The largest absolute Gasteiger partial charge is 0.497 e. The van der Waals surface area contributed by atoms with Crippen molar-refractivity contribution in [1.82, 2.24) is 10.2 Å². The summed E-state index contributed by atoms with van der Waals surface area (Å²) in [6, 6.07) is 13.5. The molecular formula is C21H22N4O5. The third kappa shape index (κ3) is 5.57. The highest BCUT2D eigenvalue weighted by molar-refractivity contribution is 6.02. The first kappa shape index (κ1) is 20.8. The van der Waals surface area contributed by atoms with Crippen LogP contribution in [0, 0.1) is 0 Å². The highest BCUT2D eigenvalue weighted by atomic mass is 16.5. The molecule has 3 rings (SSSR count). The van der Waals surface area contributed by atoms with Crippen molar-refractivity contribution in [1.29, 1.82) is 0 Å². The average molecular weight is 410 g/mol. The van der Waals surface area contributed by atoms with Gasteiger partial charge in [0.2, 0.25) is 17.7 Å². The minimum absolute atomic E-state index is 0.000488. The molecule has 2 aromatic carbocycles. The van der Waals surface area contributed by atoms with Gasteiger partial charge in [-0.1, -0.05) is 12.1 Å². The Kier molecular flexibility index (Phi) is 6.63. The van der Waals surface area contributed by atoms with Gasteiger partial charge in [0.05, 0.1) is 20.1 Å². The molecule has 30 heavy (non-hydrogen) atoms. The van der Waals surface area contributed by atoms with E-state index in [1.807, 2.05) is 12.1 Å². The summed E-state index contributed by atoms with van der Waals surface area (Å²) in [5.74, 6) is -0.0982. The lowest BCUT2D eigenvalue weighted by Crippen LogP contribution is -2.33. The molecule has 1 saturated heterocycles. The van der Waals surface area contributed by atoms with E-state index in [0.717, 1.165) is 16.2 Å². The average Bonchev–Trinajstić information content (AvgIpc) is 3.06. The van der Waals surface area contributed by atoms with Crippen LogP contribution in [0.1, 0.15) is 12.0 Å². The van der Waals surface area contributed by atoms with E-state index in [1.54, 1.807) is 43.5 Å². The van der Waals surface area contributed by atoms with E-state index in [4.69, 9.17) is 4.74 Å². The lowest BCUT2D eigenvalue weighted by Gasteiger charge is -2.12. The molecule has 0 unspecified atom stereocenters. The van der Waals surface area contributed by atoms with Crippen LogP contribution in [0.2, 0.25) is 0 Å². The summed E-state index contributed by atoms with van der Waals surface area (Å²) in [7, 11) is 1.58. The van der Waals surface area contributed by atoms with Crippen LogP contribution in [0.4, 0.5) is 16.2 Å². The zero-order chi connectivity index (χ0) is 21.5. The van der Waals surface area contributed by atoms with Crippen LogP contribution in [0.25, 0.3) is 0 Å². The van der Waals surface area contributed by atoms with Crippen LogP contribution in [0.3, 0.4) is 0 Å². The minimum Gasteiger partial charge on any atom is -0.497 e. The predicted molar refractivity (Wildman–Crippen MR) is 110 cm³/mol. The SMILES string of the molecule is COc1ccc(CC(=O)Nc2ccc(NC(=O)CCN3C(=O)CNC3=O)cc2)cc1. The Hall–Kier alpha value is -3.88. The van der Waals surface area contributed by atoms with E-state index in [1.165, 1.54) is 0 Å². The van der Waals surface area contributed by atoms with E-state index in [2.05, 4.69) is 16.0 Å². The standard InChI is InChI=1S/C21H22N4O5/c1-30-17-8-2-14(3-9-17)12-19(27)24-16-6-4-15(5-7-16)23-18(26)10-11-25-20(28)13-22-21(25)29/h2-9H,10-13H2,1H3,(H,22,29)(H,23,26)(H,24,27). The summed E-state index contributed by atoms with van der Waals surface area (Å²) in [5.41, 5.74) is 2.01. The Morgan fingerprint density at radius 2 is 1.57 bits per heavy atom. The van der Waals surface area contributed by atoms with Gasteiger partial charge in [0, 0.05) is 24.3 Å². The normalized spacial score (nSPS) is 13.0. The number of amides is 5. The van der Waals surface area contributed by atoms with Gasteiger partial charge in [-0.3, -0.25) is 19.3 Å². The van der Waals surface area contributed by atoms with E-state index >= 15 is 0 Å². The molecule has 0 aliphatic carbocycles. The van der Waals surface area contributed by atoms with Gasteiger partial charge in [-0.2, -0.15) is 0 Å². The second-order valence-corrected chi connectivity index (χ2v) is 6.65. The number of hydrogen-bond donors (Lipinski definition) is 3. The van der Waals surface area contributed by atoms with Gasteiger partial charge in [0.15, 0.2) is 0 Å². The third-order valence-electron chi connectivity index (χ3n) is 4.48. The topological polar surface area (TPSA) is 117 Å². The summed E-state index contributed by atoms with van der Waals surface area (Å²) < 4.78 is 5.09. The number of carbonyl (C=O) groups excluding carboxylic acids is 4. The molecule has 2 aromatic rings. The second-order valence-electron chi connectivity index (χ2n) is 6.65. The van der Waals surface area contributed by atoms with Crippen molar-refractivity contribution in [3.05, 3.63) is 54.1 Å². The molecule has 0 spiro atoms. The molecule has 156 valence electrons. The van der Waals surface area contributed by atoms with Crippen molar-refractivity contribution in [2.24, 2.45) is 0 Å². The number of imide groups is 1. The molecular weight excluding hydrogens is 388 g/mol. The van der Waals surface area contributed by atoms with E-state index < -0.39 is 6.03 Å². The molecule has 9 heteroatoms. The number of rotatable bonds is 8. The maximum Gasteiger partial charge on any atom is 0.324 e. The van der Waals surface area contributed by atoms with Gasteiger partial charge in [-0.25, -0.2) is 4.79 Å². The highest BCUT2D eigenvalue weighted by Crippen LogP contribution is 2.16. The zero-order valence-corrected chi connectivity index (χ0v) is 16.4. The van der Waals surface area contributed by atoms with Crippen LogP contribution in [-0.4, -0.2) is 48.9 Å². The lowest BCUT2D eigenvalue weighted by atomic mass is 10.1. The van der Waals surface area contributed by atoms with Crippen molar-refractivity contribution in [3.8, 4) is 5.75 Å². The molecule has 3 N–H and O–H groups in total. The first-order valence-corrected chi connectivity index (χ1v) is 9.35. The molecule has 0 atom stereocenters. The van der Waals surface area contributed by atoms with Crippen LogP contribution >= 0.6 is 0 Å². The van der Waals surface area contributed by atoms with E-state index in [-0.39, 0.29) is 43.7 Å². The summed E-state index contributed by atoms with van der Waals surface area (Å²) in [6.07, 6.45) is 0.227. The number of carbonyl (C=O) groups is 4. The predicted octanol–water partition coefficient (Wildman–Crippen LogP) is 1.76. The Morgan fingerprint density at radius 3 is 2.10 bits per heavy atom. The number of hydrogen-bond acceptors (Lipinski definition) is 5. The van der Waals surface area contributed by atoms with Gasteiger partial charge in [-0.15, -0.1) is 0 Å². The number of methoxy groups -OCH3 is 1. The quantitative estimate of drug-likeness (QED) is 0.574. The van der Waals surface area contributed by atoms with Crippen molar-refractivity contribution in [2.75, 3.05) is 30.8 Å². The first-order chi connectivity index (χ1) is 14.4. The molecule has 1 aliphatic heterocycles. The van der Waals surface area contributed by atoms with E-state index in [9.17, 15) is 19.2 Å². The first-order valence-electron chi connectivity index (χ1n) is 9.35. The zero-order valence-electron chi connectivity index (χ0n) is 16.4. The monoisotopic (exact) mass is 410 g/mol. The number of anilines is 2. The van der Waals surface area contributed by atoms with Crippen LogP contribution in [-0.2, 0) is 20.8 Å². The molecule has 0 bridgehead atoms. The molecule has 1 aliphatic rings.